The van der Waals surface area contributed by atoms with E-state index in [2.05, 4.69) is 41.7 Å². The van der Waals surface area contributed by atoms with Gasteiger partial charge in [-0.05, 0) is 54.5 Å². The Hall–Kier alpha value is -1.54. The number of fused-ring (bicyclic) bond motifs is 1. The molecule has 0 aliphatic heterocycles. The first-order chi connectivity index (χ1) is 10.4. The largest absolute Gasteiger partial charge is 0.496 e. The Bertz CT molecular complexity index is 631. The summed E-state index contributed by atoms with van der Waals surface area (Å²) in [6.07, 6.45) is 5.71. The lowest BCUT2D eigenvalue weighted by Crippen LogP contribution is -2.32. The Morgan fingerprint density at radius 2 is 1.67 bits per heavy atom. The highest BCUT2D eigenvalue weighted by atomic mass is 16.5. The van der Waals surface area contributed by atoms with Crippen LogP contribution >= 0.6 is 0 Å². The molecule has 0 saturated heterocycles. The summed E-state index contributed by atoms with van der Waals surface area (Å²) in [5, 5.41) is 6.38. The van der Waals surface area contributed by atoms with Crippen LogP contribution in [0.3, 0.4) is 0 Å². The van der Waals surface area contributed by atoms with Gasteiger partial charge in [0.05, 0.1) is 7.11 Å². The second-order valence-electron chi connectivity index (χ2n) is 6.55. The first-order valence-corrected chi connectivity index (χ1v) is 8.15. The molecule has 4 rings (SSSR count). The van der Waals surface area contributed by atoms with E-state index >= 15 is 0 Å². The zero-order valence-corrected chi connectivity index (χ0v) is 12.6. The average molecular weight is 281 g/mol. The second kappa shape index (κ2) is 5.34. The fourth-order valence-corrected chi connectivity index (χ4v) is 3.52. The van der Waals surface area contributed by atoms with Crippen LogP contribution < -0.4 is 10.1 Å². The summed E-state index contributed by atoms with van der Waals surface area (Å²) in [5.41, 5.74) is 1.39. The van der Waals surface area contributed by atoms with Gasteiger partial charge in [0.1, 0.15) is 5.75 Å². The molecular weight excluding hydrogens is 258 g/mol. The van der Waals surface area contributed by atoms with Crippen LogP contribution in [0.2, 0.25) is 0 Å². The Morgan fingerprint density at radius 3 is 2.29 bits per heavy atom. The minimum absolute atomic E-state index is 0.755. The topological polar surface area (TPSA) is 21.3 Å². The third-order valence-electron chi connectivity index (χ3n) is 4.98. The fourth-order valence-electron chi connectivity index (χ4n) is 3.52. The normalized spacial score (nSPS) is 18.4. The molecule has 2 aliphatic carbocycles. The standard InChI is InChI=1S/C19H23NO/c1-21-18-11-10-15(16-4-2-3-5-17(16)18)12-20-19(13-6-7-13)14-8-9-14/h2-5,10-11,13-14,19-20H,6-9,12H2,1H3. The summed E-state index contributed by atoms with van der Waals surface area (Å²) in [6.45, 7) is 0.974. The number of hydrogen-bond acceptors (Lipinski definition) is 2. The van der Waals surface area contributed by atoms with Crippen LogP contribution in [-0.2, 0) is 6.54 Å². The maximum absolute atomic E-state index is 5.48. The first kappa shape index (κ1) is 13.1. The van der Waals surface area contributed by atoms with Crippen LogP contribution in [0.5, 0.6) is 5.75 Å². The summed E-state index contributed by atoms with van der Waals surface area (Å²) >= 11 is 0. The Balaban J connectivity index is 1.58. The van der Waals surface area contributed by atoms with Crippen LogP contribution in [0.25, 0.3) is 10.8 Å². The molecule has 0 atom stereocenters. The van der Waals surface area contributed by atoms with Crippen molar-refractivity contribution in [1.29, 1.82) is 0 Å². The molecule has 21 heavy (non-hydrogen) atoms. The fraction of sp³-hybridized carbons (Fsp3) is 0.474. The maximum atomic E-state index is 5.48. The summed E-state index contributed by atoms with van der Waals surface area (Å²) < 4.78 is 5.48. The van der Waals surface area contributed by atoms with Crippen LogP contribution in [0.1, 0.15) is 31.2 Å². The molecule has 2 heteroatoms. The smallest absolute Gasteiger partial charge is 0.126 e. The Labute approximate surface area is 126 Å². The molecule has 2 aliphatic rings. The van der Waals surface area contributed by atoms with Crippen molar-refractivity contribution in [1.82, 2.24) is 5.32 Å². The van der Waals surface area contributed by atoms with Crippen LogP contribution in [0.4, 0.5) is 0 Å². The summed E-state index contributed by atoms with van der Waals surface area (Å²) in [6, 6.07) is 13.6. The lowest BCUT2D eigenvalue weighted by atomic mass is 10.0. The molecule has 0 amide bonds. The molecule has 2 aromatic rings. The Kier molecular flexibility index (Phi) is 3.34. The maximum Gasteiger partial charge on any atom is 0.126 e. The summed E-state index contributed by atoms with van der Waals surface area (Å²) in [4.78, 5) is 0. The number of ether oxygens (including phenoxy) is 1. The van der Waals surface area contributed by atoms with Crippen molar-refractivity contribution in [3.8, 4) is 5.75 Å². The molecule has 110 valence electrons. The minimum Gasteiger partial charge on any atom is -0.496 e. The second-order valence-corrected chi connectivity index (χ2v) is 6.55. The number of benzene rings is 2. The predicted molar refractivity (Wildman–Crippen MR) is 86.6 cm³/mol. The van der Waals surface area contributed by atoms with E-state index in [1.54, 1.807) is 7.11 Å². The van der Waals surface area contributed by atoms with Gasteiger partial charge in [-0.15, -0.1) is 0 Å². The molecule has 2 fully saturated rings. The van der Waals surface area contributed by atoms with Gasteiger partial charge in [-0.2, -0.15) is 0 Å². The Morgan fingerprint density at radius 1 is 1.00 bits per heavy atom. The molecule has 2 aromatic carbocycles. The summed E-state index contributed by atoms with van der Waals surface area (Å²) in [5.74, 6) is 2.86. The van der Waals surface area contributed by atoms with E-state index in [1.165, 1.54) is 42.0 Å². The zero-order chi connectivity index (χ0) is 14.2. The monoisotopic (exact) mass is 281 g/mol. The van der Waals surface area contributed by atoms with Gasteiger partial charge in [-0.1, -0.05) is 30.3 Å². The molecule has 1 N–H and O–H groups in total. The summed E-state index contributed by atoms with van der Waals surface area (Å²) in [7, 11) is 1.75. The number of rotatable bonds is 6. The molecule has 0 heterocycles. The lowest BCUT2D eigenvalue weighted by Gasteiger charge is -2.19. The van der Waals surface area contributed by atoms with E-state index in [0.717, 1.165) is 30.2 Å². The van der Waals surface area contributed by atoms with Gasteiger partial charge in [-0.3, -0.25) is 0 Å². The number of methoxy groups -OCH3 is 1. The molecule has 0 bridgehead atoms. The SMILES string of the molecule is COc1ccc(CNC(C2CC2)C2CC2)c2ccccc12. The van der Waals surface area contributed by atoms with Gasteiger partial charge < -0.3 is 10.1 Å². The van der Waals surface area contributed by atoms with Crippen LogP contribution in [0, 0.1) is 11.8 Å². The van der Waals surface area contributed by atoms with E-state index in [1.807, 2.05) is 0 Å². The van der Waals surface area contributed by atoms with Gasteiger partial charge in [0.2, 0.25) is 0 Å². The van der Waals surface area contributed by atoms with Crippen LogP contribution in [0.15, 0.2) is 36.4 Å². The van der Waals surface area contributed by atoms with Crippen molar-refractivity contribution < 1.29 is 4.74 Å². The lowest BCUT2D eigenvalue weighted by molar-refractivity contribution is 0.414. The van der Waals surface area contributed by atoms with E-state index in [9.17, 15) is 0 Å². The molecule has 0 radical (unpaired) electrons. The van der Waals surface area contributed by atoms with Crippen molar-refractivity contribution in [2.24, 2.45) is 11.8 Å². The number of nitrogens with one attached hydrogen (secondary N) is 1. The van der Waals surface area contributed by atoms with E-state index < -0.39 is 0 Å². The highest BCUT2D eigenvalue weighted by molar-refractivity contribution is 5.91. The quantitative estimate of drug-likeness (QED) is 0.859. The van der Waals surface area contributed by atoms with E-state index in [-0.39, 0.29) is 0 Å². The highest BCUT2D eigenvalue weighted by Gasteiger charge is 2.40. The van der Waals surface area contributed by atoms with Crippen molar-refractivity contribution in [3.63, 3.8) is 0 Å². The minimum atomic E-state index is 0.755. The van der Waals surface area contributed by atoms with Gasteiger partial charge in [0, 0.05) is 18.0 Å². The molecule has 0 spiro atoms. The van der Waals surface area contributed by atoms with Gasteiger partial charge in [0.25, 0.3) is 0 Å². The third-order valence-corrected chi connectivity index (χ3v) is 4.98. The van der Waals surface area contributed by atoms with Crippen LogP contribution in [-0.4, -0.2) is 13.2 Å². The molecule has 2 saturated carbocycles. The molecule has 2 nitrogen and oxygen atoms in total. The number of hydrogen-bond donors (Lipinski definition) is 1. The van der Waals surface area contributed by atoms with Crippen molar-refractivity contribution in [2.45, 2.75) is 38.3 Å². The van der Waals surface area contributed by atoms with Crippen molar-refractivity contribution in [2.75, 3.05) is 7.11 Å². The third kappa shape index (κ3) is 2.65. The van der Waals surface area contributed by atoms with Gasteiger partial charge in [-0.25, -0.2) is 0 Å². The average Bonchev–Trinajstić information content (AvgIpc) is 3.40. The predicted octanol–water partition coefficient (Wildman–Crippen LogP) is 4.13. The van der Waals surface area contributed by atoms with Gasteiger partial charge in [0.15, 0.2) is 0 Å². The van der Waals surface area contributed by atoms with Crippen molar-refractivity contribution >= 4 is 10.8 Å². The molecular formula is C19H23NO. The molecule has 0 unspecified atom stereocenters. The van der Waals surface area contributed by atoms with Gasteiger partial charge >= 0.3 is 0 Å². The van der Waals surface area contributed by atoms with E-state index in [0.29, 0.717) is 0 Å². The molecule has 0 aromatic heterocycles. The van der Waals surface area contributed by atoms with E-state index in [4.69, 9.17) is 4.74 Å². The van der Waals surface area contributed by atoms with Crippen molar-refractivity contribution in [3.05, 3.63) is 42.0 Å². The highest BCUT2D eigenvalue weighted by Crippen LogP contribution is 2.44. The first-order valence-electron chi connectivity index (χ1n) is 8.15. The zero-order valence-electron chi connectivity index (χ0n) is 12.6.